The van der Waals surface area contributed by atoms with Crippen molar-refractivity contribution < 1.29 is 13.2 Å². The van der Waals surface area contributed by atoms with E-state index >= 15 is 0 Å². The molecule has 0 aliphatic rings. The maximum atomic E-state index is 13.6. The van der Waals surface area contributed by atoms with Gasteiger partial charge in [0.2, 0.25) is 0 Å². The lowest BCUT2D eigenvalue weighted by Crippen LogP contribution is -2.29. The normalized spacial score (nSPS) is 12.4. The Balaban J connectivity index is 2.64. The molecule has 0 aromatic heterocycles. The van der Waals surface area contributed by atoms with E-state index in [4.69, 9.17) is 5.84 Å². The number of nitrogens with two attached hydrogens (primary N) is 1. The van der Waals surface area contributed by atoms with Crippen molar-refractivity contribution in [3.8, 4) is 0 Å². The number of halogens is 3. The Bertz CT molecular complexity index is 421. The third-order valence-corrected chi connectivity index (χ3v) is 3.04. The van der Waals surface area contributed by atoms with Gasteiger partial charge in [-0.25, -0.2) is 13.2 Å². The van der Waals surface area contributed by atoms with Gasteiger partial charge in [0.15, 0.2) is 17.5 Å². The van der Waals surface area contributed by atoms with Gasteiger partial charge in [0.05, 0.1) is 0 Å². The van der Waals surface area contributed by atoms with Crippen LogP contribution in [0.5, 0.6) is 0 Å². The second kappa shape index (κ2) is 7.96. The Morgan fingerprint density at radius 3 is 2.53 bits per heavy atom. The molecule has 0 aliphatic carbocycles. The Hall–Kier alpha value is -1.33. The summed E-state index contributed by atoms with van der Waals surface area (Å²) in [6.45, 7) is 3.63. The van der Waals surface area contributed by atoms with Crippen LogP contribution in [0.1, 0.15) is 43.7 Å². The highest BCUT2D eigenvalue weighted by Gasteiger charge is 2.19. The van der Waals surface area contributed by atoms with Crippen molar-refractivity contribution in [2.75, 3.05) is 0 Å². The molecule has 0 saturated carbocycles. The number of benzene rings is 1. The van der Waals surface area contributed by atoms with Crippen molar-refractivity contribution in [2.24, 2.45) is 5.84 Å². The zero-order valence-electron chi connectivity index (χ0n) is 10.8. The van der Waals surface area contributed by atoms with E-state index in [1.807, 2.05) is 6.08 Å². The molecular formula is C14H19F3N2. The van der Waals surface area contributed by atoms with Crippen molar-refractivity contribution in [3.05, 3.63) is 47.8 Å². The lowest BCUT2D eigenvalue weighted by molar-refractivity contribution is 0.413. The monoisotopic (exact) mass is 272 g/mol. The molecule has 1 aromatic rings. The minimum Gasteiger partial charge on any atom is -0.271 e. The summed E-state index contributed by atoms with van der Waals surface area (Å²) < 4.78 is 39.6. The molecule has 0 saturated heterocycles. The minimum absolute atomic E-state index is 0.0603. The van der Waals surface area contributed by atoms with E-state index in [-0.39, 0.29) is 5.56 Å². The zero-order chi connectivity index (χ0) is 14.3. The van der Waals surface area contributed by atoms with Gasteiger partial charge in [-0.1, -0.05) is 25.0 Å². The predicted octanol–water partition coefficient (Wildman–Crippen LogP) is 3.74. The predicted molar refractivity (Wildman–Crippen MR) is 69.7 cm³/mol. The van der Waals surface area contributed by atoms with E-state index in [1.54, 1.807) is 0 Å². The summed E-state index contributed by atoms with van der Waals surface area (Å²) >= 11 is 0. The highest BCUT2D eigenvalue weighted by molar-refractivity contribution is 5.23. The third-order valence-electron chi connectivity index (χ3n) is 3.04. The fraction of sp³-hybridized carbons (Fsp3) is 0.429. The number of nitrogens with one attached hydrogen (secondary N) is 1. The summed E-state index contributed by atoms with van der Waals surface area (Å²) in [5.74, 6) is 1.54. The van der Waals surface area contributed by atoms with Crippen LogP contribution >= 0.6 is 0 Å². The first-order valence-electron chi connectivity index (χ1n) is 6.32. The fourth-order valence-electron chi connectivity index (χ4n) is 1.95. The molecule has 0 radical (unpaired) electrons. The summed E-state index contributed by atoms with van der Waals surface area (Å²) in [5, 5.41) is 0. The van der Waals surface area contributed by atoms with Crippen molar-refractivity contribution in [1.29, 1.82) is 0 Å². The van der Waals surface area contributed by atoms with Crippen LogP contribution in [0.25, 0.3) is 0 Å². The molecule has 0 aliphatic heterocycles. The lowest BCUT2D eigenvalue weighted by atomic mass is 9.99. The van der Waals surface area contributed by atoms with Gasteiger partial charge < -0.3 is 0 Å². The molecule has 5 heteroatoms. The lowest BCUT2D eigenvalue weighted by Gasteiger charge is -2.17. The number of hydrogen-bond donors (Lipinski definition) is 2. The van der Waals surface area contributed by atoms with E-state index in [0.29, 0.717) is 6.42 Å². The van der Waals surface area contributed by atoms with Gasteiger partial charge in [-0.05, 0) is 25.3 Å². The Morgan fingerprint density at radius 2 is 1.89 bits per heavy atom. The summed E-state index contributed by atoms with van der Waals surface area (Å²) in [4.78, 5) is 0. The van der Waals surface area contributed by atoms with Gasteiger partial charge in [0.1, 0.15) is 0 Å². The number of unbranched alkanes of at least 4 members (excludes halogenated alkanes) is 3. The maximum absolute atomic E-state index is 13.6. The van der Waals surface area contributed by atoms with Crippen molar-refractivity contribution in [3.63, 3.8) is 0 Å². The van der Waals surface area contributed by atoms with Crippen molar-refractivity contribution in [1.82, 2.24) is 5.43 Å². The van der Waals surface area contributed by atoms with Crippen LogP contribution in [0.2, 0.25) is 0 Å². The van der Waals surface area contributed by atoms with Gasteiger partial charge in [0, 0.05) is 11.6 Å². The molecule has 0 bridgehead atoms. The number of hydrazine groups is 1. The molecule has 0 heterocycles. The zero-order valence-corrected chi connectivity index (χ0v) is 10.8. The SMILES string of the molecule is C=CCCCCCC(NN)c1ccc(F)c(F)c1F. The van der Waals surface area contributed by atoms with E-state index in [0.717, 1.165) is 31.7 Å². The number of allylic oxidation sites excluding steroid dienone is 1. The van der Waals surface area contributed by atoms with Crippen LogP contribution < -0.4 is 11.3 Å². The summed E-state index contributed by atoms with van der Waals surface area (Å²) in [7, 11) is 0. The molecule has 0 amide bonds. The van der Waals surface area contributed by atoms with Crippen LogP contribution in [-0.4, -0.2) is 0 Å². The highest BCUT2D eigenvalue weighted by Crippen LogP contribution is 2.25. The van der Waals surface area contributed by atoms with E-state index in [1.165, 1.54) is 6.07 Å². The topological polar surface area (TPSA) is 38.0 Å². The second-order valence-electron chi connectivity index (χ2n) is 4.41. The van der Waals surface area contributed by atoms with Crippen LogP contribution in [0.3, 0.4) is 0 Å². The Labute approximate surface area is 111 Å². The highest BCUT2D eigenvalue weighted by atomic mass is 19.2. The first-order chi connectivity index (χ1) is 9.11. The van der Waals surface area contributed by atoms with Gasteiger partial charge in [0.25, 0.3) is 0 Å². The summed E-state index contributed by atoms with van der Waals surface area (Å²) in [5.41, 5.74) is 2.51. The molecule has 1 aromatic carbocycles. The third kappa shape index (κ3) is 4.36. The molecular weight excluding hydrogens is 253 g/mol. The Morgan fingerprint density at radius 1 is 1.16 bits per heavy atom. The fourth-order valence-corrected chi connectivity index (χ4v) is 1.95. The number of hydrogen-bond acceptors (Lipinski definition) is 2. The van der Waals surface area contributed by atoms with E-state index < -0.39 is 23.5 Å². The molecule has 0 spiro atoms. The molecule has 2 nitrogen and oxygen atoms in total. The average Bonchev–Trinajstić information content (AvgIpc) is 2.41. The molecule has 3 N–H and O–H groups in total. The minimum atomic E-state index is -1.45. The number of rotatable bonds is 8. The molecule has 106 valence electrons. The average molecular weight is 272 g/mol. The van der Waals surface area contributed by atoms with E-state index in [9.17, 15) is 13.2 Å². The summed E-state index contributed by atoms with van der Waals surface area (Å²) in [6.07, 6.45) is 6.11. The second-order valence-corrected chi connectivity index (χ2v) is 4.41. The van der Waals surface area contributed by atoms with Crippen molar-refractivity contribution in [2.45, 2.75) is 38.1 Å². The largest absolute Gasteiger partial charge is 0.271 e. The van der Waals surface area contributed by atoms with Crippen molar-refractivity contribution >= 4 is 0 Å². The van der Waals surface area contributed by atoms with Crippen LogP contribution in [0.15, 0.2) is 24.8 Å². The van der Waals surface area contributed by atoms with Gasteiger partial charge in [-0.3, -0.25) is 11.3 Å². The first-order valence-corrected chi connectivity index (χ1v) is 6.32. The molecule has 19 heavy (non-hydrogen) atoms. The molecule has 1 rings (SSSR count). The van der Waals surface area contributed by atoms with Gasteiger partial charge >= 0.3 is 0 Å². The first kappa shape index (κ1) is 15.7. The van der Waals surface area contributed by atoms with Crippen LogP contribution in [0.4, 0.5) is 13.2 Å². The molecule has 0 fully saturated rings. The standard InChI is InChI=1S/C14H19F3N2/c1-2-3-4-5-6-7-12(19-18)10-8-9-11(15)14(17)13(10)16/h2,8-9,12,19H,1,3-7,18H2. The molecule has 1 atom stereocenters. The van der Waals surface area contributed by atoms with Gasteiger partial charge in [-0.2, -0.15) is 0 Å². The summed E-state index contributed by atoms with van der Waals surface area (Å²) in [6, 6.07) is 1.62. The quantitative estimate of drug-likeness (QED) is 0.249. The molecule has 1 unspecified atom stereocenters. The maximum Gasteiger partial charge on any atom is 0.194 e. The van der Waals surface area contributed by atoms with Crippen LogP contribution in [0, 0.1) is 17.5 Å². The van der Waals surface area contributed by atoms with Gasteiger partial charge in [-0.15, -0.1) is 6.58 Å². The van der Waals surface area contributed by atoms with E-state index in [2.05, 4.69) is 12.0 Å². The smallest absolute Gasteiger partial charge is 0.194 e. The van der Waals surface area contributed by atoms with Crippen LogP contribution in [-0.2, 0) is 0 Å². The Kier molecular flexibility index (Phi) is 6.59.